The number of anilines is 1. The second-order valence-corrected chi connectivity index (χ2v) is 9.54. The van der Waals surface area contributed by atoms with E-state index >= 15 is 0 Å². The lowest BCUT2D eigenvalue weighted by molar-refractivity contribution is 0.459. The summed E-state index contributed by atoms with van der Waals surface area (Å²) in [6.45, 7) is 5.65. The summed E-state index contributed by atoms with van der Waals surface area (Å²) in [6, 6.07) is 28.6. The van der Waals surface area contributed by atoms with E-state index in [4.69, 9.17) is 0 Å². The zero-order valence-electron chi connectivity index (χ0n) is 20.8. The van der Waals surface area contributed by atoms with Crippen molar-refractivity contribution in [2.24, 2.45) is 5.92 Å². The molecule has 0 bridgehead atoms. The van der Waals surface area contributed by atoms with Gasteiger partial charge in [-0.15, -0.1) is 0 Å². The first kappa shape index (κ1) is 23.9. The topological polar surface area (TPSA) is 61.9 Å². The molecule has 5 nitrogen and oxygen atoms in total. The number of aromatic nitrogens is 2. The minimum atomic E-state index is 0.0453. The third kappa shape index (κ3) is 5.52. The molecule has 0 radical (unpaired) electrons. The lowest BCUT2D eigenvalue weighted by atomic mass is 10.0. The van der Waals surface area contributed by atoms with Gasteiger partial charge in [0.15, 0.2) is 5.43 Å². The first-order valence-corrected chi connectivity index (χ1v) is 12.9. The van der Waals surface area contributed by atoms with Crippen LogP contribution < -0.4 is 16.1 Å². The monoisotopic (exact) mass is 478 g/mol. The van der Waals surface area contributed by atoms with Crippen molar-refractivity contribution in [1.82, 2.24) is 14.9 Å². The highest BCUT2D eigenvalue weighted by Gasteiger charge is 2.12. The van der Waals surface area contributed by atoms with E-state index in [1.807, 2.05) is 24.3 Å². The van der Waals surface area contributed by atoms with Gasteiger partial charge in [-0.1, -0.05) is 74.0 Å². The number of benzene rings is 3. The summed E-state index contributed by atoms with van der Waals surface area (Å²) in [4.78, 5) is 15.8. The smallest absolute Gasteiger partial charge is 0.191 e. The van der Waals surface area contributed by atoms with E-state index in [0.717, 1.165) is 55.7 Å². The largest absolute Gasteiger partial charge is 0.371 e. The minimum Gasteiger partial charge on any atom is -0.371 e. The summed E-state index contributed by atoms with van der Waals surface area (Å²) in [7, 11) is 0. The lowest BCUT2D eigenvalue weighted by Crippen LogP contribution is -2.28. The molecule has 0 saturated carbocycles. The molecule has 2 heterocycles. The number of para-hydroxylation sites is 2. The molecule has 0 aliphatic carbocycles. The molecule has 0 aliphatic heterocycles. The fourth-order valence-corrected chi connectivity index (χ4v) is 5.02. The van der Waals surface area contributed by atoms with E-state index in [0.29, 0.717) is 5.92 Å². The van der Waals surface area contributed by atoms with E-state index in [-0.39, 0.29) is 5.43 Å². The molecule has 184 valence electrons. The van der Waals surface area contributed by atoms with Crippen molar-refractivity contribution in [3.63, 3.8) is 0 Å². The van der Waals surface area contributed by atoms with E-state index in [1.54, 1.807) is 6.07 Å². The molecule has 5 rings (SSSR count). The van der Waals surface area contributed by atoms with Crippen LogP contribution in [-0.2, 0) is 13.1 Å². The Morgan fingerprint density at radius 2 is 1.64 bits per heavy atom. The summed E-state index contributed by atoms with van der Waals surface area (Å²) >= 11 is 0. The molecule has 0 fully saturated rings. The second kappa shape index (κ2) is 11.3. The molecule has 36 heavy (non-hydrogen) atoms. The first-order chi connectivity index (χ1) is 17.7. The van der Waals surface area contributed by atoms with Crippen LogP contribution in [0.1, 0.15) is 30.9 Å². The maximum atomic E-state index is 12.4. The minimum absolute atomic E-state index is 0.0453. The number of nitrogens with one attached hydrogen (secondary N) is 3. The summed E-state index contributed by atoms with van der Waals surface area (Å²) in [6.07, 6.45) is 4.53. The van der Waals surface area contributed by atoms with Crippen LogP contribution in [0.5, 0.6) is 0 Å². The van der Waals surface area contributed by atoms with E-state index in [1.165, 1.54) is 22.0 Å². The van der Waals surface area contributed by atoms with Gasteiger partial charge in [-0.05, 0) is 48.2 Å². The predicted molar refractivity (Wildman–Crippen MR) is 151 cm³/mol. The summed E-state index contributed by atoms with van der Waals surface area (Å²) in [5.74, 6) is 1.24. The van der Waals surface area contributed by atoms with E-state index in [2.05, 4.69) is 87.9 Å². The molecule has 3 aromatic carbocycles. The number of H-pyrrole nitrogens is 1. The average Bonchev–Trinajstić information content (AvgIpc) is 3.25. The van der Waals surface area contributed by atoms with Crippen LogP contribution in [0, 0.1) is 5.92 Å². The van der Waals surface area contributed by atoms with Gasteiger partial charge in [0.05, 0.1) is 5.52 Å². The van der Waals surface area contributed by atoms with Gasteiger partial charge in [0.1, 0.15) is 5.82 Å². The third-order valence-corrected chi connectivity index (χ3v) is 6.83. The van der Waals surface area contributed by atoms with Crippen molar-refractivity contribution in [3.8, 4) is 0 Å². The Hall–Kier alpha value is -3.83. The number of fused-ring (bicyclic) bond motifs is 2. The van der Waals surface area contributed by atoms with Crippen LogP contribution in [0.2, 0.25) is 0 Å². The number of aromatic amines is 1. The SMILES string of the molecule is CCCC(CNCc1cn(Cc2ccccc2)c2ccccc12)CNc1cc(=O)c2ccccc2[nH]1. The van der Waals surface area contributed by atoms with Gasteiger partial charge in [0.2, 0.25) is 0 Å². The molecule has 5 heteroatoms. The summed E-state index contributed by atoms with van der Waals surface area (Å²) in [5.41, 5.74) is 4.81. The van der Waals surface area contributed by atoms with Gasteiger partial charge < -0.3 is 20.2 Å². The molecular weight excluding hydrogens is 444 g/mol. The molecule has 0 saturated heterocycles. The zero-order valence-corrected chi connectivity index (χ0v) is 20.8. The highest BCUT2D eigenvalue weighted by atomic mass is 16.1. The Morgan fingerprint density at radius 1 is 0.889 bits per heavy atom. The highest BCUT2D eigenvalue weighted by Crippen LogP contribution is 2.23. The third-order valence-electron chi connectivity index (χ3n) is 6.83. The van der Waals surface area contributed by atoms with Crippen LogP contribution in [0.4, 0.5) is 5.82 Å². The number of rotatable bonds is 11. The molecule has 2 aromatic heterocycles. The molecule has 0 amide bonds. The van der Waals surface area contributed by atoms with E-state index in [9.17, 15) is 4.79 Å². The molecule has 0 spiro atoms. The van der Waals surface area contributed by atoms with Crippen molar-refractivity contribution in [3.05, 3.63) is 112 Å². The van der Waals surface area contributed by atoms with Crippen molar-refractivity contribution >= 4 is 27.6 Å². The quantitative estimate of drug-likeness (QED) is 0.213. The van der Waals surface area contributed by atoms with Gasteiger partial charge >= 0.3 is 0 Å². The number of nitrogens with zero attached hydrogens (tertiary/aromatic N) is 1. The molecule has 1 atom stereocenters. The molecule has 5 aromatic rings. The maximum Gasteiger partial charge on any atom is 0.191 e. The fraction of sp³-hybridized carbons (Fsp3) is 0.258. The standard InChI is InChI=1S/C31H34N4O/c1-2-10-24(19-33-31-17-30(36)27-14-6-8-15-28(27)34-31)18-32-20-25-22-35(21-23-11-4-3-5-12-23)29-16-9-7-13-26(25)29/h3-9,11-17,22,24,32H,2,10,18-21H2,1H3,(H2,33,34,36). The molecular formula is C31H34N4O. The number of pyridine rings is 1. The van der Waals surface area contributed by atoms with Crippen molar-refractivity contribution in [1.29, 1.82) is 0 Å². The van der Waals surface area contributed by atoms with Crippen LogP contribution >= 0.6 is 0 Å². The Balaban J connectivity index is 1.23. The zero-order chi connectivity index (χ0) is 24.7. The normalized spacial score (nSPS) is 12.2. The van der Waals surface area contributed by atoms with Gasteiger partial charge in [-0.25, -0.2) is 0 Å². The van der Waals surface area contributed by atoms with Crippen LogP contribution in [0.3, 0.4) is 0 Å². The first-order valence-electron chi connectivity index (χ1n) is 12.9. The maximum absolute atomic E-state index is 12.4. The number of hydrogen-bond donors (Lipinski definition) is 3. The van der Waals surface area contributed by atoms with Crippen LogP contribution in [-0.4, -0.2) is 22.6 Å². The fourth-order valence-electron chi connectivity index (χ4n) is 5.02. The van der Waals surface area contributed by atoms with Crippen molar-refractivity contribution < 1.29 is 0 Å². The van der Waals surface area contributed by atoms with Crippen LogP contribution in [0.15, 0.2) is 95.9 Å². The Bertz CT molecular complexity index is 1490. The van der Waals surface area contributed by atoms with Crippen molar-refractivity contribution in [2.75, 3.05) is 18.4 Å². The molecule has 0 aliphatic rings. The molecule has 3 N–H and O–H groups in total. The summed E-state index contributed by atoms with van der Waals surface area (Å²) in [5, 5.41) is 9.21. The number of hydrogen-bond acceptors (Lipinski definition) is 3. The second-order valence-electron chi connectivity index (χ2n) is 9.54. The van der Waals surface area contributed by atoms with Gasteiger partial charge in [0.25, 0.3) is 0 Å². The Morgan fingerprint density at radius 3 is 2.47 bits per heavy atom. The van der Waals surface area contributed by atoms with Crippen molar-refractivity contribution in [2.45, 2.75) is 32.9 Å². The lowest BCUT2D eigenvalue weighted by Gasteiger charge is -2.18. The van der Waals surface area contributed by atoms with Gasteiger partial charge in [-0.3, -0.25) is 4.79 Å². The van der Waals surface area contributed by atoms with E-state index < -0.39 is 0 Å². The highest BCUT2D eigenvalue weighted by molar-refractivity contribution is 5.84. The van der Waals surface area contributed by atoms with Crippen LogP contribution in [0.25, 0.3) is 21.8 Å². The van der Waals surface area contributed by atoms with Gasteiger partial charge in [-0.2, -0.15) is 0 Å². The van der Waals surface area contributed by atoms with Gasteiger partial charge in [0, 0.05) is 48.2 Å². The predicted octanol–water partition coefficient (Wildman–Crippen LogP) is 6.15. The summed E-state index contributed by atoms with van der Waals surface area (Å²) < 4.78 is 2.35. The Labute approximate surface area is 212 Å². The molecule has 1 unspecified atom stereocenters. The Kier molecular flexibility index (Phi) is 7.48. The average molecular weight is 479 g/mol.